The van der Waals surface area contributed by atoms with Gasteiger partial charge in [0.15, 0.2) is 0 Å². The molecule has 0 aromatic rings. The summed E-state index contributed by atoms with van der Waals surface area (Å²) in [4.78, 5) is 0. The van der Waals surface area contributed by atoms with E-state index in [0.717, 1.165) is 12.3 Å². The van der Waals surface area contributed by atoms with Crippen LogP contribution in [-0.4, -0.2) is 6.04 Å². The molecule has 1 heteroatoms. The van der Waals surface area contributed by atoms with Crippen LogP contribution in [0.3, 0.4) is 0 Å². The van der Waals surface area contributed by atoms with Crippen LogP contribution in [0.25, 0.3) is 0 Å². The Balaban J connectivity index is 2.13. The fourth-order valence-electron chi connectivity index (χ4n) is 1.92. The third-order valence-corrected chi connectivity index (χ3v) is 2.41. The van der Waals surface area contributed by atoms with E-state index < -0.39 is 0 Å². The molecule has 59 valence electrons. The van der Waals surface area contributed by atoms with E-state index in [1.165, 1.54) is 32.1 Å². The average molecular weight is 140 g/mol. The van der Waals surface area contributed by atoms with Gasteiger partial charge in [-0.3, -0.25) is 5.73 Å². The highest BCUT2D eigenvalue weighted by Crippen LogP contribution is 2.26. The summed E-state index contributed by atoms with van der Waals surface area (Å²) in [6, 6.07) is 0.170. The number of hydrogen-bond acceptors (Lipinski definition) is 0. The molecule has 1 radical (unpaired) electrons. The van der Waals surface area contributed by atoms with E-state index in [1.54, 1.807) is 0 Å². The predicted octanol–water partition coefficient (Wildman–Crippen LogP) is 2.63. The molecule has 0 heterocycles. The minimum Gasteiger partial charge on any atom is -0.255 e. The van der Waals surface area contributed by atoms with Gasteiger partial charge in [0.1, 0.15) is 0 Å². The van der Waals surface area contributed by atoms with E-state index in [4.69, 9.17) is 5.73 Å². The van der Waals surface area contributed by atoms with Crippen molar-refractivity contribution in [3.8, 4) is 0 Å². The summed E-state index contributed by atoms with van der Waals surface area (Å²) in [5.41, 5.74) is 7.41. The fraction of sp³-hybridized carbons (Fsp3) is 1.00. The van der Waals surface area contributed by atoms with Crippen LogP contribution in [-0.2, 0) is 0 Å². The van der Waals surface area contributed by atoms with Crippen LogP contribution < -0.4 is 5.73 Å². The van der Waals surface area contributed by atoms with Crippen molar-refractivity contribution >= 4 is 0 Å². The van der Waals surface area contributed by atoms with E-state index in [-0.39, 0.29) is 6.04 Å². The van der Waals surface area contributed by atoms with Gasteiger partial charge >= 0.3 is 0 Å². The molecule has 0 aliphatic heterocycles. The lowest BCUT2D eigenvalue weighted by atomic mass is 9.85. The zero-order valence-electron chi connectivity index (χ0n) is 6.90. The summed E-state index contributed by atoms with van der Waals surface area (Å²) < 4.78 is 0. The second kappa shape index (κ2) is 3.97. The molecule has 0 bridgehead atoms. The summed E-state index contributed by atoms with van der Waals surface area (Å²) in [5.74, 6) is 0.890. The number of rotatable bonds is 2. The molecule has 1 atom stereocenters. The molecular formula is C9H18N. The van der Waals surface area contributed by atoms with Crippen LogP contribution in [0, 0.1) is 5.92 Å². The number of hydrogen-bond donors (Lipinski definition) is 0. The molecule has 0 spiro atoms. The molecule has 0 aromatic heterocycles. The van der Waals surface area contributed by atoms with Crippen LogP contribution in [0.4, 0.5) is 0 Å². The molecule has 1 aliphatic carbocycles. The van der Waals surface area contributed by atoms with Crippen LogP contribution >= 0.6 is 0 Å². The SMILES string of the molecule is CC([NH])CC1CCCCC1. The van der Waals surface area contributed by atoms with Gasteiger partial charge in [-0.05, 0) is 19.3 Å². The second-order valence-electron chi connectivity index (χ2n) is 3.64. The normalized spacial score (nSPS) is 24.6. The van der Waals surface area contributed by atoms with Crippen molar-refractivity contribution in [2.45, 2.75) is 51.5 Å². The Morgan fingerprint density at radius 3 is 2.40 bits per heavy atom. The summed E-state index contributed by atoms with van der Waals surface area (Å²) >= 11 is 0. The maximum absolute atomic E-state index is 7.41. The highest BCUT2D eigenvalue weighted by atomic mass is 14.6. The minimum absolute atomic E-state index is 0.170. The van der Waals surface area contributed by atoms with E-state index in [1.807, 2.05) is 6.92 Å². The van der Waals surface area contributed by atoms with Gasteiger partial charge in [0.05, 0.1) is 0 Å². The minimum atomic E-state index is 0.170. The van der Waals surface area contributed by atoms with Crippen LogP contribution in [0.5, 0.6) is 0 Å². The van der Waals surface area contributed by atoms with Crippen LogP contribution in [0.2, 0.25) is 0 Å². The quantitative estimate of drug-likeness (QED) is 0.563. The first-order chi connectivity index (χ1) is 4.79. The van der Waals surface area contributed by atoms with Crippen molar-refractivity contribution in [2.75, 3.05) is 0 Å². The lowest BCUT2D eigenvalue weighted by Gasteiger charge is -2.22. The van der Waals surface area contributed by atoms with Crippen LogP contribution in [0.15, 0.2) is 0 Å². The predicted molar refractivity (Wildman–Crippen MR) is 43.8 cm³/mol. The number of nitrogens with one attached hydrogen (secondary N) is 1. The highest BCUT2D eigenvalue weighted by molar-refractivity contribution is 4.68. The van der Waals surface area contributed by atoms with Crippen molar-refractivity contribution in [2.24, 2.45) is 5.92 Å². The van der Waals surface area contributed by atoms with E-state index in [2.05, 4.69) is 0 Å². The monoisotopic (exact) mass is 140 g/mol. The molecule has 1 aliphatic rings. The third kappa shape index (κ3) is 2.70. The van der Waals surface area contributed by atoms with Gasteiger partial charge in [0.25, 0.3) is 0 Å². The highest BCUT2D eigenvalue weighted by Gasteiger charge is 2.14. The maximum atomic E-state index is 7.41. The van der Waals surface area contributed by atoms with E-state index in [9.17, 15) is 0 Å². The van der Waals surface area contributed by atoms with Gasteiger partial charge in [-0.1, -0.05) is 32.1 Å². The molecular weight excluding hydrogens is 122 g/mol. The molecule has 1 fully saturated rings. The molecule has 1 nitrogen and oxygen atoms in total. The molecule has 1 unspecified atom stereocenters. The molecule has 0 saturated heterocycles. The smallest absolute Gasteiger partial charge is 0.0187 e. The standard InChI is InChI=1S/C9H18N/c1-8(10)7-9-5-3-2-4-6-9/h8-10H,2-7H2,1H3. The first-order valence-corrected chi connectivity index (χ1v) is 4.50. The molecule has 0 aromatic carbocycles. The van der Waals surface area contributed by atoms with Crippen molar-refractivity contribution in [3.05, 3.63) is 0 Å². The summed E-state index contributed by atoms with van der Waals surface area (Å²) in [6.45, 7) is 2.01. The lowest BCUT2D eigenvalue weighted by Crippen LogP contribution is -2.14. The average Bonchev–Trinajstić information content (AvgIpc) is 1.88. The Kier molecular flexibility index (Phi) is 3.20. The summed E-state index contributed by atoms with van der Waals surface area (Å²) in [5, 5.41) is 0. The fourth-order valence-corrected chi connectivity index (χ4v) is 1.92. The second-order valence-corrected chi connectivity index (χ2v) is 3.64. The Hall–Kier alpha value is -0.0400. The van der Waals surface area contributed by atoms with Gasteiger partial charge in [-0.15, -0.1) is 0 Å². The van der Waals surface area contributed by atoms with Crippen molar-refractivity contribution in [3.63, 3.8) is 0 Å². The summed E-state index contributed by atoms with van der Waals surface area (Å²) in [6.07, 6.45) is 8.18. The van der Waals surface area contributed by atoms with Gasteiger partial charge in [-0.2, -0.15) is 0 Å². The first kappa shape index (κ1) is 8.06. The summed E-state index contributed by atoms with van der Waals surface area (Å²) in [7, 11) is 0. The molecule has 10 heavy (non-hydrogen) atoms. The van der Waals surface area contributed by atoms with Crippen molar-refractivity contribution in [1.82, 2.24) is 5.73 Å². The maximum Gasteiger partial charge on any atom is 0.0187 e. The van der Waals surface area contributed by atoms with Gasteiger partial charge in [0, 0.05) is 6.04 Å². The van der Waals surface area contributed by atoms with Gasteiger partial charge in [0.2, 0.25) is 0 Å². The molecule has 1 rings (SSSR count). The zero-order valence-corrected chi connectivity index (χ0v) is 6.90. The molecule has 1 saturated carbocycles. The Morgan fingerprint density at radius 2 is 1.90 bits per heavy atom. The van der Waals surface area contributed by atoms with Gasteiger partial charge in [-0.25, -0.2) is 0 Å². The lowest BCUT2D eigenvalue weighted by molar-refractivity contribution is 0.321. The topological polar surface area (TPSA) is 23.8 Å². The molecule has 1 N–H and O–H groups in total. The third-order valence-electron chi connectivity index (χ3n) is 2.41. The van der Waals surface area contributed by atoms with E-state index in [0.29, 0.717) is 0 Å². The Labute approximate surface area is 64.0 Å². The van der Waals surface area contributed by atoms with Crippen LogP contribution in [0.1, 0.15) is 45.4 Å². The van der Waals surface area contributed by atoms with Crippen molar-refractivity contribution < 1.29 is 0 Å². The molecule has 0 amide bonds. The zero-order chi connectivity index (χ0) is 7.40. The van der Waals surface area contributed by atoms with Crippen molar-refractivity contribution in [1.29, 1.82) is 0 Å². The van der Waals surface area contributed by atoms with Gasteiger partial charge < -0.3 is 0 Å². The largest absolute Gasteiger partial charge is 0.255 e. The Bertz CT molecular complexity index is 82.7. The Morgan fingerprint density at radius 1 is 1.30 bits per heavy atom. The first-order valence-electron chi connectivity index (χ1n) is 4.50. The van der Waals surface area contributed by atoms with E-state index >= 15 is 0 Å².